The number of aliphatic hydroxyl groups excluding tert-OH is 1. The summed E-state index contributed by atoms with van der Waals surface area (Å²) in [6.45, 7) is 12.8. The van der Waals surface area contributed by atoms with Crippen LogP contribution in [-0.2, 0) is 0 Å². The van der Waals surface area contributed by atoms with E-state index >= 15 is 0 Å². The maximum atomic E-state index is 9.74. The van der Waals surface area contributed by atoms with Crippen molar-refractivity contribution in [3.63, 3.8) is 0 Å². The molecule has 0 aromatic heterocycles. The molecule has 0 bridgehead atoms. The minimum atomic E-state index is 0. The van der Waals surface area contributed by atoms with Gasteiger partial charge in [0.25, 0.3) is 0 Å². The van der Waals surface area contributed by atoms with Gasteiger partial charge in [0.05, 0.1) is 13.2 Å². The Kier molecular flexibility index (Phi) is 12.7. The predicted octanol–water partition coefficient (Wildman–Crippen LogP) is 3.30. The van der Waals surface area contributed by atoms with Gasteiger partial charge < -0.3 is 20.6 Å². The number of hydrogen-bond acceptors (Lipinski definition) is 3. The average molecular weight is 502 g/mol. The van der Waals surface area contributed by atoms with E-state index in [0.717, 1.165) is 30.5 Å². The lowest BCUT2D eigenvalue weighted by atomic mass is 9.97. The average Bonchev–Trinajstić information content (AvgIpc) is 2.67. The lowest BCUT2D eigenvalue weighted by Crippen LogP contribution is -2.45. The van der Waals surface area contributed by atoms with Gasteiger partial charge >= 0.3 is 0 Å². The van der Waals surface area contributed by atoms with Crippen LogP contribution in [0.25, 0.3) is 0 Å². The molecule has 0 aliphatic carbocycles. The topological polar surface area (TPSA) is 59.9 Å². The summed E-state index contributed by atoms with van der Waals surface area (Å²) in [4.78, 5) is 7.33. The Balaban J connectivity index is 0.00000392. The minimum Gasteiger partial charge on any atom is -0.396 e. The second-order valence-corrected chi connectivity index (χ2v) is 8.05. The maximum absolute atomic E-state index is 9.74. The summed E-state index contributed by atoms with van der Waals surface area (Å²) < 4.78 is 0. The summed E-state index contributed by atoms with van der Waals surface area (Å²) in [6, 6.07) is 10.1. The number of guanidine groups is 1. The molecular formula is C22H39IN4O. The van der Waals surface area contributed by atoms with Gasteiger partial charge in [0.1, 0.15) is 0 Å². The second-order valence-electron chi connectivity index (χ2n) is 8.05. The van der Waals surface area contributed by atoms with Crippen LogP contribution in [0.3, 0.4) is 0 Å². The Bertz CT molecular complexity index is 553. The van der Waals surface area contributed by atoms with Crippen LogP contribution < -0.4 is 10.6 Å². The summed E-state index contributed by atoms with van der Waals surface area (Å²) >= 11 is 0. The Morgan fingerprint density at radius 1 is 1.25 bits per heavy atom. The molecule has 1 heterocycles. The van der Waals surface area contributed by atoms with Crippen LogP contribution >= 0.6 is 24.0 Å². The molecule has 1 aliphatic rings. The number of aliphatic imine (C=N–C) groups is 1. The van der Waals surface area contributed by atoms with Gasteiger partial charge in [-0.3, -0.25) is 4.99 Å². The lowest BCUT2D eigenvalue weighted by Gasteiger charge is -2.34. The van der Waals surface area contributed by atoms with Crippen molar-refractivity contribution in [3.8, 4) is 0 Å². The molecule has 1 aromatic carbocycles. The number of hydrogen-bond donors (Lipinski definition) is 3. The van der Waals surface area contributed by atoms with Crippen molar-refractivity contribution < 1.29 is 5.11 Å². The molecule has 28 heavy (non-hydrogen) atoms. The molecule has 1 saturated heterocycles. The fraction of sp³-hybridized carbons (Fsp3) is 0.682. The predicted molar refractivity (Wildman–Crippen MR) is 130 cm³/mol. The highest BCUT2D eigenvalue weighted by Crippen LogP contribution is 2.17. The van der Waals surface area contributed by atoms with Crippen molar-refractivity contribution in [1.29, 1.82) is 0 Å². The van der Waals surface area contributed by atoms with Crippen LogP contribution in [0.1, 0.15) is 45.1 Å². The van der Waals surface area contributed by atoms with E-state index in [4.69, 9.17) is 4.99 Å². The van der Waals surface area contributed by atoms with Gasteiger partial charge in [0.15, 0.2) is 5.96 Å². The highest BCUT2D eigenvalue weighted by molar-refractivity contribution is 14.0. The first-order chi connectivity index (χ1) is 13.1. The molecule has 2 unspecified atom stereocenters. The van der Waals surface area contributed by atoms with Gasteiger partial charge in [-0.15, -0.1) is 24.0 Å². The van der Waals surface area contributed by atoms with E-state index in [1.807, 2.05) is 18.2 Å². The molecule has 2 rings (SSSR count). The second kappa shape index (κ2) is 14.2. The normalized spacial score (nSPS) is 19.2. The molecule has 1 aromatic rings. The zero-order valence-electron chi connectivity index (χ0n) is 17.7. The van der Waals surface area contributed by atoms with Crippen LogP contribution in [0.2, 0.25) is 0 Å². The first-order valence-electron chi connectivity index (χ1n) is 10.5. The Hall–Kier alpha value is -0.860. The lowest BCUT2D eigenvalue weighted by molar-refractivity contribution is 0.159. The number of rotatable bonds is 9. The summed E-state index contributed by atoms with van der Waals surface area (Å²) in [5.41, 5.74) is 1.14. The largest absolute Gasteiger partial charge is 0.396 e. The SMILES string of the molecule is CCNC(=NCC(CO)c1ccccc1)NCC1CCCN(CC(C)C)C1.I. The molecule has 0 radical (unpaired) electrons. The van der Waals surface area contributed by atoms with Gasteiger partial charge in [-0.1, -0.05) is 44.2 Å². The van der Waals surface area contributed by atoms with Crippen LogP contribution in [0.15, 0.2) is 35.3 Å². The number of nitrogens with one attached hydrogen (secondary N) is 2. The summed E-state index contributed by atoms with van der Waals surface area (Å²) in [5.74, 6) is 2.29. The van der Waals surface area contributed by atoms with E-state index in [-0.39, 0.29) is 36.5 Å². The zero-order chi connectivity index (χ0) is 19.5. The van der Waals surface area contributed by atoms with Gasteiger partial charge in [-0.25, -0.2) is 0 Å². The van der Waals surface area contributed by atoms with E-state index in [9.17, 15) is 5.11 Å². The Labute approximate surface area is 188 Å². The van der Waals surface area contributed by atoms with Crippen LogP contribution in [0.4, 0.5) is 0 Å². The van der Waals surface area contributed by atoms with Gasteiger partial charge in [-0.2, -0.15) is 0 Å². The Morgan fingerprint density at radius 2 is 2.00 bits per heavy atom. The van der Waals surface area contributed by atoms with Crippen molar-refractivity contribution in [3.05, 3.63) is 35.9 Å². The van der Waals surface area contributed by atoms with E-state index in [0.29, 0.717) is 12.5 Å². The molecule has 0 saturated carbocycles. The maximum Gasteiger partial charge on any atom is 0.191 e. The first-order valence-corrected chi connectivity index (χ1v) is 10.5. The fourth-order valence-electron chi connectivity index (χ4n) is 3.78. The van der Waals surface area contributed by atoms with E-state index < -0.39 is 0 Å². The number of likely N-dealkylation sites (tertiary alicyclic amines) is 1. The summed E-state index contributed by atoms with van der Waals surface area (Å²) in [5, 5.41) is 16.6. The van der Waals surface area contributed by atoms with Crippen molar-refractivity contribution in [2.24, 2.45) is 16.8 Å². The molecule has 0 amide bonds. The van der Waals surface area contributed by atoms with Crippen LogP contribution in [0.5, 0.6) is 0 Å². The number of nitrogens with zero attached hydrogens (tertiary/aromatic N) is 2. The monoisotopic (exact) mass is 502 g/mol. The minimum absolute atomic E-state index is 0. The molecule has 6 heteroatoms. The molecule has 1 fully saturated rings. The molecule has 5 nitrogen and oxygen atoms in total. The quantitative estimate of drug-likeness (QED) is 0.276. The summed E-state index contributed by atoms with van der Waals surface area (Å²) in [7, 11) is 0. The molecule has 0 spiro atoms. The standard InChI is InChI=1S/C22H38N4O.HI/c1-4-23-22(25-14-21(17-27)20-10-6-5-7-11-20)24-13-19-9-8-12-26(16-19)15-18(2)3;/h5-7,10-11,18-19,21,27H,4,8-9,12-17H2,1-3H3,(H2,23,24,25);1H. The first kappa shape index (κ1) is 25.2. The van der Waals surface area contributed by atoms with E-state index in [2.05, 4.69) is 48.4 Å². The molecule has 160 valence electrons. The smallest absolute Gasteiger partial charge is 0.191 e. The number of piperidine rings is 1. The number of halogens is 1. The van der Waals surface area contributed by atoms with Gasteiger partial charge in [0, 0.05) is 32.1 Å². The van der Waals surface area contributed by atoms with Gasteiger partial charge in [0.2, 0.25) is 0 Å². The fourth-order valence-corrected chi connectivity index (χ4v) is 3.78. The highest BCUT2D eigenvalue weighted by Gasteiger charge is 2.20. The number of benzene rings is 1. The third kappa shape index (κ3) is 9.09. The highest BCUT2D eigenvalue weighted by atomic mass is 127. The molecule has 2 atom stereocenters. The number of aliphatic hydroxyl groups is 1. The summed E-state index contributed by atoms with van der Waals surface area (Å²) in [6.07, 6.45) is 2.57. The van der Waals surface area contributed by atoms with Crippen LogP contribution in [0, 0.1) is 11.8 Å². The van der Waals surface area contributed by atoms with Crippen molar-refractivity contribution in [2.45, 2.75) is 39.5 Å². The third-order valence-electron chi connectivity index (χ3n) is 5.09. The molecule has 3 N–H and O–H groups in total. The van der Waals surface area contributed by atoms with E-state index in [1.54, 1.807) is 0 Å². The van der Waals surface area contributed by atoms with Crippen molar-refractivity contribution >= 4 is 29.9 Å². The molecular weight excluding hydrogens is 463 g/mol. The zero-order valence-corrected chi connectivity index (χ0v) is 20.1. The Morgan fingerprint density at radius 3 is 2.64 bits per heavy atom. The van der Waals surface area contributed by atoms with Crippen LogP contribution in [-0.4, -0.2) is 61.8 Å². The van der Waals surface area contributed by atoms with Gasteiger partial charge in [-0.05, 0) is 43.7 Å². The van der Waals surface area contributed by atoms with Crippen molar-refractivity contribution in [1.82, 2.24) is 15.5 Å². The third-order valence-corrected chi connectivity index (χ3v) is 5.09. The van der Waals surface area contributed by atoms with Crippen molar-refractivity contribution in [2.75, 3.05) is 45.9 Å². The molecule has 1 aliphatic heterocycles. The van der Waals surface area contributed by atoms with E-state index in [1.165, 1.54) is 32.5 Å².